The number of benzene rings is 2. The van der Waals surface area contributed by atoms with Crippen LogP contribution in [0, 0.1) is 0 Å². The first-order valence-electron chi connectivity index (χ1n) is 10.7. The summed E-state index contributed by atoms with van der Waals surface area (Å²) < 4.78 is 0. The van der Waals surface area contributed by atoms with Gasteiger partial charge in [0.05, 0.1) is 5.69 Å². The number of piperazine rings is 1. The Morgan fingerprint density at radius 3 is 2.06 bits per heavy atom. The van der Waals surface area contributed by atoms with E-state index in [0.29, 0.717) is 17.1 Å². The molecule has 0 saturated carbocycles. The zero-order valence-corrected chi connectivity index (χ0v) is 18.3. The summed E-state index contributed by atoms with van der Waals surface area (Å²) in [5, 5.41) is 5.55. The van der Waals surface area contributed by atoms with E-state index in [0.717, 1.165) is 37.4 Å². The summed E-state index contributed by atoms with van der Waals surface area (Å²) in [5.41, 5.74) is 4.58. The lowest BCUT2D eigenvalue weighted by Gasteiger charge is -2.34. The summed E-state index contributed by atoms with van der Waals surface area (Å²) in [6.45, 7) is 5.63. The lowest BCUT2D eigenvalue weighted by molar-refractivity contribution is -0.114. The van der Waals surface area contributed by atoms with Gasteiger partial charge in [-0.05, 0) is 55.6 Å². The van der Waals surface area contributed by atoms with E-state index in [4.69, 9.17) is 0 Å². The third-order valence-electron chi connectivity index (χ3n) is 5.48. The van der Waals surface area contributed by atoms with Crippen LogP contribution in [0.2, 0.25) is 0 Å². The predicted octanol–water partition coefficient (Wildman–Crippen LogP) is 3.71. The molecule has 2 N–H and O–H groups in total. The van der Waals surface area contributed by atoms with Gasteiger partial charge in [0.25, 0.3) is 5.91 Å². The molecular formula is C25H27N5O2. The average molecular weight is 430 g/mol. The van der Waals surface area contributed by atoms with Crippen LogP contribution in [0.5, 0.6) is 0 Å². The lowest BCUT2D eigenvalue weighted by Crippen LogP contribution is -2.44. The van der Waals surface area contributed by atoms with E-state index in [-0.39, 0.29) is 11.8 Å². The lowest BCUT2D eigenvalue weighted by atomic mass is 10.1. The van der Waals surface area contributed by atoms with Crippen molar-refractivity contribution < 1.29 is 9.59 Å². The molecule has 7 heteroatoms. The molecule has 2 heterocycles. The Morgan fingerprint density at radius 1 is 0.812 bits per heavy atom. The Kier molecular flexibility index (Phi) is 6.47. The Morgan fingerprint density at radius 2 is 1.44 bits per heavy atom. The molecule has 1 fully saturated rings. The SMILES string of the molecule is CC(=O)Nc1ccc(NC(=O)c2cccc(-c3ccc(N4CCN(C)CC4)cc3)n2)cc1. The van der Waals surface area contributed by atoms with E-state index in [1.807, 2.05) is 12.1 Å². The average Bonchev–Trinajstić information content (AvgIpc) is 2.81. The Balaban J connectivity index is 1.43. The molecule has 0 aliphatic carbocycles. The van der Waals surface area contributed by atoms with Crippen LogP contribution < -0.4 is 15.5 Å². The Labute approximate surface area is 188 Å². The van der Waals surface area contributed by atoms with Gasteiger partial charge in [-0.2, -0.15) is 0 Å². The molecule has 164 valence electrons. The van der Waals surface area contributed by atoms with Gasteiger partial charge in [0, 0.05) is 55.7 Å². The Bertz CT molecular complexity index is 1090. The normalized spacial score (nSPS) is 14.1. The largest absolute Gasteiger partial charge is 0.369 e. The van der Waals surface area contributed by atoms with Crippen molar-refractivity contribution in [3.63, 3.8) is 0 Å². The fourth-order valence-electron chi connectivity index (χ4n) is 3.66. The number of aromatic nitrogens is 1. The van der Waals surface area contributed by atoms with Crippen LogP contribution in [0.1, 0.15) is 17.4 Å². The summed E-state index contributed by atoms with van der Waals surface area (Å²) >= 11 is 0. The number of anilines is 3. The van der Waals surface area contributed by atoms with Gasteiger partial charge in [0.1, 0.15) is 5.69 Å². The highest BCUT2D eigenvalue weighted by atomic mass is 16.2. The molecule has 2 amide bonds. The summed E-state index contributed by atoms with van der Waals surface area (Å²) in [6.07, 6.45) is 0. The molecule has 1 aliphatic rings. The number of hydrogen-bond acceptors (Lipinski definition) is 5. The highest BCUT2D eigenvalue weighted by Gasteiger charge is 2.15. The highest BCUT2D eigenvalue weighted by Crippen LogP contribution is 2.23. The molecular weight excluding hydrogens is 402 g/mol. The van der Waals surface area contributed by atoms with Gasteiger partial charge in [-0.3, -0.25) is 9.59 Å². The van der Waals surface area contributed by atoms with Crippen LogP contribution >= 0.6 is 0 Å². The molecule has 0 unspecified atom stereocenters. The smallest absolute Gasteiger partial charge is 0.274 e. The second-order valence-electron chi connectivity index (χ2n) is 7.96. The van der Waals surface area contributed by atoms with Crippen LogP contribution in [0.4, 0.5) is 17.1 Å². The first kappa shape index (κ1) is 21.5. The van der Waals surface area contributed by atoms with Gasteiger partial charge in [0.15, 0.2) is 0 Å². The van der Waals surface area contributed by atoms with E-state index in [2.05, 4.69) is 56.7 Å². The van der Waals surface area contributed by atoms with Crippen LogP contribution in [0.25, 0.3) is 11.3 Å². The van der Waals surface area contributed by atoms with Crippen LogP contribution in [0.15, 0.2) is 66.7 Å². The molecule has 3 aromatic rings. The molecule has 1 aliphatic heterocycles. The molecule has 1 aromatic heterocycles. The molecule has 1 saturated heterocycles. The van der Waals surface area contributed by atoms with Gasteiger partial charge in [-0.1, -0.05) is 18.2 Å². The number of amides is 2. The van der Waals surface area contributed by atoms with E-state index >= 15 is 0 Å². The van der Waals surface area contributed by atoms with Gasteiger partial charge in [-0.15, -0.1) is 0 Å². The van der Waals surface area contributed by atoms with Crippen LogP contribution in [-0.4, -0.2) is 54.9 Å². The minimum absolute atomic E-state index is 0.139. The van der Waals surface area contributed by atoms with Crippen molar-refractivity contribution >= 4 is 28.9 Å². The predicted molar refractivity (Wildman–Crippen MR) is 128 cm³/mol. The summed E-state index contributed by atoms with van der Waals surface area (Å²) in [5.74, 6) is -0.424. The molecule has 7 nitrogen and oxygen atoms in total. The van der Waals surface area contributed by atoms with E-state index in [9.17, 15) is 9.59 Å². The zero-order chi connectivity index (χ0) is 22.5. The van der Waals surface area contributed by atoms with Gasteiger partial charge in [-0.25, -0.2) is 4.98 Å². The third-order valence-corrected chi connectivity index (χ3v) is 5.48. The quantitative estimate of drug-likeness (QED) is 0.647. The third kappa shape index (κ3) is 5.31. The number of pyridine rings is 1. The standard InChI is InChI=1S/C25H27N5O2/c1-18(31)26-20-8-10-21(11-9-20)27-25(32)24-5-3-4-23(28-24)19-6-12-22(13-7-19)30-16-14-29(2)15-17-30/h3-13H,14-17H2,1-2H3,(H,26,31)(H,27,32). The molecule has 32 heavy (non-hydrogen) atoms. The minimum atomic E-state index is -0.284. The maximum atomic E-state index is 12.7. The van der Waals surface area contributed by atoms with Crippen molar-refractivity contribution in [2.45, 2.75) is 6.92 Å². The summed E-state index contributed by atoms with van der Waals surface area (Å²) in [4.78, 5) is 33.1. The van der Waals surface area contributed by atoms with Gasteiger partial charge in [0.2, 0.25) is 5.91 Å². The number of carbonyl (C=O) groups is 2. The number of hydrogen-bond donors (Lipinski definition) is 2. The maximum Gasteiger partial charge on any atom is 0.274 e. The maximum absolute atomic E-state index is 12.7. The summed E-state index contributed by atoms with van der Waals surface area (Å²) in [6, 6.07) is 20.7. The number of rotatable bonds is 5. The second kappa shape index (κ2) is 9.62. The van der Waals surface area contributed by atoms with Crippen molar-refractivity contribution in [3.05, 3.63) is 72.4 Å². The van der Waals surface area contributed by atoms with Crippen molar-refractivity contribution in [3.8, 4) is 11.3 Å². The minimum Gasteiger partial charge on any atom is -0.369 e. The van der Waals surface area contributed by atoms with Crippen LogP contribution in [-0.2, 0) is 4.79 Å². The van der Waals surface area contributed by atoms with E-state index in [1.165, 1.54) is 12.6 Å². The monoisotopic (exact) mass is 429 g/mol. The molecule has 0 radical (unpaired) electrons. The van der Waals surface area contributed by atoms with Crippen molar-refractivity contribution in [2.24, 2.45) is 0 Å². The molecule has 0 atom stereocenters. The van der Waals surface area contributed by atoms with E-state index < -0.39 is 0 Å². The number of likely N-dealkylation sites (N-methyl/N-ethyl adjacent to an activating group) is 1. The fraction of sp³-hybridized carbons (Fsp3) is 0.240. The number of carbonyl (C=O) groups excluding carboxylic acids is 2. The fourth-order valence-corrected chi connectivity index (χ4v) is 3.66. The number of nitrogens with one attached hydrogen (secondary N) is 2. The van der Waals surface area contributed by atoms with Crippen molar-refractivity contribution in [1.29, 1.82) is 0 Å². The topological polar surface area (TPSA) is 77.6 Å². The van der Waals surface area contributed by atoms with Crippen molar-refractivity contribution in [1.82, 2.24) is 9.88 Å². The molecule has 0 bridgehead atoms. The molecule has 2 aromatic carbocycles. The molecule has 0 spiro atoms. The second-order valence-corrected chi connectivity index (χ2v) is 7.96. The first-order chi connectivity index (χ1) is 15.5. The first-order valence-corrected chi connectivity index (χ1v) is 10.7. The van der Waals surface area contributed by atoms with Crippen molar-refractivity contribution in [2.75, 3.05) is 48.8 Å². The Hall–Kier alpha value is -3.71. The van der Waals surface area contributed by atoms with Crippen LogP contribution in [0.3, 0.4) is 0 Å². The van der Waals surface area contributed by atoms with E-state index in [1.54, 1.807) is 30.3 Å². The highest BCUT2D eigenvalue weighted by molar-refractivity contribution is 6.03. The molecule has 4 rings (SSSR count). The zero-order valence-electron chi connectivity index (χ0n) is 18.3. The van der Waals surface area contributed by atoms with Gasteiger partial charge < -0.3 is 20.4 Å². The van der Waals surface area contributed by atoms with Gasteiger partial charge >= 0.3 is 0 Å². The number of nitrogens with zero attached hydrogens (tertiary/aromatic N) is 3. The summed E-state index contributed by atoms with van der Waals surface area (Å²) in [7, 11) is 2.15.